The Bertz CT molecular complexity index is 626. The number of ether oxygens (including phenoxy) is 12. The summed E-state index contributed by atoms with van der Waals surface area (Å²) in [6.45, 7) is 27.2. The molecule has 0 bridgehead atoms. The highest BCUT2D eigenvalue weighted by Crippen LogP contribution is 2.36. The van der Waals surface area contributed by atoms with E-state index in [0.29, 0.717) is 159 Å². The van der Waals surface area contributed by atoms with E-state index in [4.69, 9.17) is 61.3 Å². The van der Waals surface area contributed by atoms with E-state index in [1.54, 1.807) is 0 Å². The molecule has 0 fully saturated rings. The van der Waals surface area contributed by atoms with Crippen LogP contribution < -0.4 is 0 Å². The molecule has 0 aliphatic carbocycles. The summed E-state index contributed by atoms with van der Waals surface area (Å²) in [6.07, 6.45) is 2.24. The summed E-state index contributed by atoms with van der Waals surface area (Å²) >= 11 is 0. The zero-order chi connectivity index (χ0) is 35.3. The monoisotopic (exact) mass is 716 g/mol. The van der Waals surface area contributed by atoms with Gasteiger partial charge < -0.3 is 61.3 Å². The number of hydrogen-bond donors (Lipinski definition) is 0. The summed E-state index contributed by atoms with van der Waals surface area (Å²) in [5.74, 6) is 0. The minimum atomic E-state index is -1.70. The van der Waals surface area contributed by atoms with Gasteiger partial charge in [0.25, 0.3) is 0 Å². The third kappa shape index (κ3) is 35.5. The molecule has 0 atom stereocenters. The Morgan fingerprint density at radius 1 is 0.312 bits per heavy atom. The van der Waals surface area contributed by atoms with Crippen molar-refractivity contribution in [2.75, 3.05) is 165 Å². The zero-order valence-electron chi connectivity index (χ0n) is 31.4. The second kappa shape index (κ2) is 36.5. The summed E-state index contributed by atoms with van der Waals surface area (Å²) in [5.41, 5.74) is 0. The summed E-state index contributed by atoms with van der Waals surface area (Å²) in [4.78, 5) is 0. The molecule has 0 aliphatic heterocycles. The predicted molar refractivity (Wildman–Crippen MR) is 188 cm³/mol. The van der Waals surface area contributed by atoms with Crippen molar-refractivity contribution in [2.45, 2.75) is 58.7 Å². The van der Waals surface area contributed by atoms with Crippen LogP contribution in [0.5, 0.6) is 0 Å². The van der Waals surface area contributed by atoms with Crippen LogP contribution in [0.3, 0.4) is 0 Å². The molecule has 14 heteroatoms. The molecule has 0 radical (unpaired) electrons. The Kier molecular flexibility index (Phi) is 36.3. The quantitative estimate of drug-likeness (QED) is 0.0672. The molecule has 0 aromatic rings. The van der Waals surface area contributed by atoms with Crippen LogP contribution in [0, 0.1) is 0 Å². The van der Waals surface area contributed by atoms with Crippen molar-refractivity contribution in [3.05, 3.63) is 0 Å². The highest BCUT2D eigenvalue weighted by atomic mass is 28.4. The maximum absolute atomic E-state index is 6.08. The predicted octanol–water partition coefficient (Wildman–Crippen LogP) is 4.01. The lowest BCUT2D eigenvalue weighted by atomic mass is 10.2. The molecule has 0 aromatic heterocycles. The summed E-state index contributed by atoms with van der Waals surface area (Å²) < 4.78 is 72.0. The second-order valence-corrected chi connectivity index (χ2v) is 17.1. The molecule has 0 aromatic carbocycles. The fraction of sp³-hybridized carbons (Fsp3) is 1.00. The van der Waals surface area contributed by atoms with Crippen molar-refractivity contribution in [1.29, 1.82) is 0 Å². The van der Waals surface area contributed by atoms with Crippen molar-refractivity contribution in [3.63, 3.8) is 0 Å². The number of unbranched alkanes of at least 4 members (excludes halogenated alkanes) is 1. The standard InChI is InChI=1S/C34H72O13Si/c1-7-8-9-35-10-11-36-12-13-37-14-15-38-16-17-39-18-19-40-20-21-41-22-23-42-24-25-43-26-27-44-28-29-45-30-31-46-32-33-47-48(5,6)34(2,3)4/h7-33H2,1-6H3. The van der Waals surface area contributed by atoms with E-state index in [1.165, 1.54) is 0 Å². The summed E-state index contributed by atoms with van der Waals surface area (Å²) in [7, 11) is -1.70. The Morgan fingerprint density at radius 3 is 0.688 bits per heavy atom. The Balaban J connectivity index is 3.11. The van der Waals surface area contributed by atoms with E-state index in [9.17, 15) is 0 Å². The van der Waals surface area contributed by atoms with E-state index in [0.717, 1.165) is 19.4 Å². The van der Waals surface area contributed by atoms with Crippen LogP contribution in [0.15, 0.2) is 0 Å². The topological polar surface area (TPSA) is 120 Å². The Morgan fingerprint density at radius 2 is 0.500 bits per heavy atom. The van der Waals surface area contributed by atoms with Crippen molar-refractivity contribution in [2.24, 2.45) is 0 Å². The van der Waals surface area contributed by atoms with Gasteiger partial charge in [0.15, 0.2) is 8.32 Å². The molecule has 0 N–H and O–H groups in total. The second-order valence-electron chi connectivity index (χ2n) is 12.3. The van der Waals surface area contributed by atoms with Crippen molar-refractivity contribution in [1.82, 2.24) is 0 Å². The van der Waals surface area contributed by atoms with Crippen LogP contribution in [0.25, 0.3) is 0 Å². The van der Waals surface area contributed by atoms with Gasteiger partial charge in [-0.05, 0) is 24.6 Å². The lowest BCUT2D eigenvalue weighted by molar-refractivity contribution is -0.0285. The SMILES string of the molecule is CCCCOCCOCCOCCOCCOCCOCCOCCOCCOCCOCCOCCOCCO[Si](C)(C)C(C)(C)C. The van der Waals surface area contributed by atoms with Crippen LogP contribution in [-0.2, 0) is 61.3 Å². The zero-order valence-corrected chi connectivity index (χ0v) is 32.4. The average molecular weight is 717 g/mol. The molecular formula is C34H72O13Si. The molecule has 48 heavy (non-hydrogen) atoms. The molecule has 0 saturated heterocycles. The molecule has 0 spiro atoms. The Labute approximate surface area is 293 Å². The molecular weight excluding hydrogens is 644 g/mol. The fourth-order valence-corrected chi connectivity index (χ4v) is 4.37. The molecule has 0 unspecified atom stereocenters. The largest absolute Gasteiger partial charge is 0.414 e. The highest BCUT2D eigenvalue weighted by molar-refractivity contribution is 6.74. The van der Waals surface area contributed by atoms with Gasteiger partial charge in [-0.25, -0.2) is 0 Å². The highest BCUT2D eigenvalue weighted by Gasteiger charge is 2.36. The van der Waals surface area contributed by atoms with Gasteiger partial charge in [-0.2, -0.15) is 0 Å². The van der Waals surface area contributed by atoms with E-state index >= 15 is 0 Å². The van der Waals surface area contributed by atoms with Crippen LogP contribution in [0.1, 0.15) is 40.5 Å². The Hall–Kier alpha value is -0.303. The number of rotatable bonds is 40. The lowest BCUT2D eigenvalue weighted by Gasteiger charge is -2.36. The van der Waals surface area contributed by atoms with Gasteiger partial charge in [0.1, 0.15) is 0 Å². The van der Waals surface area contributed by atoms with Crippen LogP contribution in [-0.4, -0.2) is 173 Å². The first-order valence-electron chi connectivity index (χ1n) is 17.9. The van der Waals surface area contributed by atoms with Gasteiger partial charge in [-0.1, -0.05) is 34.1 Å². The molecule has 290 valence electrons. The average Bonchev–Trinajstić information content (AvgIpc) is 3.05. The minimum Gasteiger partial charge on any atom is -0.414 e. The third-order valence-corrected chi connectivity index (χ3v) is 11.8. The molecule has 0 saturated carbocycles. The van der Waals surface area contributed by atoms with Gasteiger partial charge in [0, 0.05) is 6.61 Å². The first-order chi connectivity index (χ1) is 23.3. The number of hydrogen-bond acceptors (Lipinski definition) is 13. The maximum Gasteiger partial charge on any atom is 0.192 e. The smallest absolute Gasteiger partial charge is 0.192 e. The van der Waals surface area contributed by atoms with Crippen LogP contribution in [0.4, 0.5) is 0 Å². The van der Waals surface area contributed by atoms with Gasteiger partial charge in [-0.3, -0.25) is 0 Å². The molecule has 0 amide bonds. The first-order valence-corrected chi connectivity index (χ1v) is 20.8. The molecule has 0 rings (SSSR count). The van der Waals surface area contributed by atoms with Crippen molar-refractivity contribution >= 4 is 8.32 Å². The van der Waals surface area contributed by atoms with E-state index in [2.05, 4.69) is 40.8 Å². The van der Waals surface area contributed by atoms with Gasteiger partial charge in [0.05, 0.1) is 159 Å². The van der Waals surface area contributed by atoms with Crippen molar-refractivity contribution in [3.8, 4) is 0 Å². The lowest BCUT2D eigenvalue weighted by Crippen LogP contribution is -2.41. The molecule has 13 nitrogen and oxygen atoms in total. The van der Waals surface area contributed by atoms with Gasteiger partial charge >= 0.3 is 0 Å². The minimum absolute atomic E-state index is 0.217. The van der Waals surface area contributed by atoms with E-state index < -0.39 is 8.32 Å². The van der Waals surface area contributed by atoms with Gasteiger partial charge in [-0.15, -0.1) is 0 Å². The van der Waals surface area contributed by atoms with Gasteiger partial charge in [0.2, 0.25) is 0 Å². The third-order valence-electron chi connectivity index (χ3n) is 7.23. The maximum atomic E-state index is 6.08. The van der Waals surface area contributed by atoms with E-state index in [1.807, 2.05) is 0 Å². The first kappa shape index (κ1) is 47.7. The summed E-state index contributed by atoms with van der Waals surface area (Å²) in [6, 6.07) is 0. The van der Waals surface area contributed by atoms with E-state index in [-0.39, 0.29) is 5.04 Å². The van der Waals surface area contributed by atoms with Crippen molar-refractivity contribution < 1.29 is 61.3 Å². The fourth-order valence-electron chi connectivity index (χ4n) is 3.34. The van der Waals surface area contributed by atoms with Crippen LogP contribution >= 0.6 is 0 Å². The summed E-state index contributed by atoms with van der Waals surface area (Å²) in [5, 5.41) is 0.217. The molecule has 0 heterocycles. The van der Waals surface area contributed by atoms with Crippen LogP contribution in [0.2, 0.25) is 18.1 Å². The normalized spacial score (nSPS) is 12.4. The molecule has 0 aliphatic rings.